The van der Waals surface area contributed by atoms with Gasteiger partial charge in [0.15, 0.2) is 0 Å². The number of rotatable bonds is 8. The van der Waals surface area contributed by atoms with Crippen LogP contribution in [0.4, 0.5) is 5.69 Å². The van der Waals surface area contributed by atoms with Crippen molar-refractivity contribution >= 4 is 38.9 Å². The second kappa shape index (κ2) is 11.3. The molecular formula is C28H32N6O4S. The number of ether oxygens (including phenoxy) is 1. The van der Waals surface area contributed by atoms with Gasteiger partial charge in [-0.2, -0.15) is 8.42 Å². The second-order valence-electron chi connectivity index (χ2n) is 9.25. The number of benzene rings is 3. The van der Waals surface area contributed by atoms with Crippen molar-refractivity contribution in [2.24, 2.45) is 15.3 Å². The molecule has 3 aromatic carbocycles. The maximum absolute atomic E-state index is 12.2. The van der Waals surface area contributed by atoms with Crippen LogP contribution < -0.4 is 15.8 Å². The van der Waals surface area contributed by atoms with Crippen molar-refractivity contribution in [1.29, 1.82) is 0 Å². The van der Waals surface area contributed by atoms with Crippen molar-refractivity contribution in [2.45, 2.75) is 33.2 Å². The molecule has 1 aromatic heterocycles. The van der Waals surface area contributed by atoms with Gasteiger partial charge in [0.05, 0.1) is 23.7 Å². The largest absolute Gasteiger partial charge is 0.465 e. The molecule has 0 spiro atoms. The first-order chi connectivity index (χ1) is 18.5. The summed E-state index contributed by atoms with van der Waals surface area (Å²) in [7, 11) is -1.13. The average Bonchev–Trinajstić information content (AvgIpc) is 3.24. The third kappa shape index (κ3) is 6.10. The number of methoxy groups -OCH3 is 1. The predicted octanol–water partition coefficient (Wildman–Crippen LogP) is 3.75. The molecular weight excluding hydrogens is 516 g/mol. The van der Waals surface area contributed by atoms with Crippen molar-refractivity contribution in [3.05, 3.63) is 83.2 Å². The highest BCUT2D eigenvalue weighted by atomic mass is 32.2. The number of fused-ring (bicyclic) bond motifs is 1. The highest BCUT2D eigenvalue weighted by Crippen LogP contribution is 2.29. The van der Waals surface area contributed by atoms with Crippen LogP contribution in [0, 0.1) is 6.92 Å². The Bertz CT molecular complexity index is 1660. The van der Waals surface area contributed by atoms with Crippen LogP contribution in [0.2, 0.25) is 0 Å². The fourth-order valence-corrected chi connectivity index (χ4v) is 4.91. The van der Waals surface area contributed by atoms with E-state index in [4.69, 9.17) is 20.6 Å². The minimum absolute atomic E-state index is 0.237. The van der Waals surface area contributed by atoms with E-state index in [1.54, 1.807) is 13.1 Å². The monoisotopic (exact) mass is 548 g/mol. The number of hydrogen-bond donors (Lipinski definition) is 2. The van der Waals surface area contributed by atoms with Gasteiger partial charge in [-0.05, 0) is 53.8 Å². The molecule has 4 N–H and O–H groups in total. The van der Waals surface area contributed by atoms with Gasteiger partial charge in [0.25, 0.3) is 0 Å². The van der Waals surface area contributed by atoms with Gasteiger partial charge in [0.2, 0.25) is 5.96 Å². The molecule has 0 aliphatic rings. The number of aromatic nitrogens is 2. The van der Waals surface area contributed by atoms with E-state index in [2.05, 4.69) is 15.9 Å². The lowest BCUT2D eigenvalue weighted by molar-refractivity contribution is 0.0601. The van der Waals surface area contributed by atoms with Crippen LogP contribution in [0.5, 0.6) is 0 Å². The number of aryl methyl sites for hydroxylation is 2. The summed E-state index contributed by atoms with van der Waals surface area (Å²) < 4.78 is 33.3. The third-order valence-corrected chi connectivity index (χ3v) is 6.91. The van der Waals surface area contributed by atoms with Gasteiger partial charge in [-0.15, -0.1) is 4.40 Å². The van der Waals surface area contributed by atoms with E-state index in [0.29, 0.717) is 17.8 Å². The SMILES string of the molecule is CCCc1nc2c(C)cc(N(C)C(N)=NS(N)(=O)=O)cc2n1Cc1ccc(-c2ccccc2C(=O)OC)cc1. The molecule has 0 bridgehead atoms. The Kier molecular flexibility index (Phi) is 8.03. The van der Waals surface area contributed by atoms with Gasteiger partial charge < -0.3 is 19.9 Å². The minimum Gasteiger partial charge on any atom is -0.465 e. The molecule has 0 aliphatic carbocycles. The van der Waals surface area contributed by atoms with Crippen LogP contribution in [0.1, 0.15) is 40.7 Å². The summed E-state index contributed by atoms with van der Waals surface area (Å²) in [5.41, 5.74) is 12.5. The zero-order chi connectivity index (χ0) is 28.3. The van der Waals surface area contributed by atoms with Crippen LogP contribution in [-0.2, 0) is 27.9 Å². The molecule has 0 fully saturated rings. The van der Waals surface area contributed by atoms with E-state index >= 15 is 0 Å². The minimum atomic E-state index is -4.14. The van der Waals surface area contributed by atoms with E-state index in [0.717, 1.165) is 52.0 Å². The van der Waals surface area contributed by atoms with Gasteiger partial charge in [0.1, 0.15) is 5.82 Å². The molecule has 39 heavy (non-hydrogen) atoms. The van der Waals surface area contributed by atoms with E-state index in [1.807, 2.05) is 61.5 Å². The lowest BCUT2D eigenvalue weighted by atomic mass is 9.98. The molecule has 0 aliphatic heterocycles. The van der Waals surface area contributed by atoms with Crippen LogP contribution in [-0.4, -0.2) is 44.1 Å². The molecule has 0 amide bonds. The summed E-state index contributed by atoms with van der Waals surface area (Å²) in [5, 5.41) is 5.04. The van der Waals surface area contributed by atoms with Crippen molar-refractivity contribution in [3.63, 3.8) is 0 Å². The van der Waals surface area contributed by atoms with Crippen LogP contribution in [0.3, 0.4) is 0 Å². The highest BCUT2D eigenvalue weighted by molar-refractivity contribution is 7.88. The molecule has 4 rings (SSSR count). The van der Waals surface area contributed by atoms with E-state index < -0.39 is 10.2 Å². The smallest absolute Gasteiger partial charge is 0.338 e. The van der Waals surface area contributed by atoms with Gasteiger partial charge in [-0.3, -0.25) is 0 Å². The first kappa shape index (κ1) is 27.8. The topological polar surface area (TPSA) is 146 Å². The Morgan fingerprint density at radius 1 is 1.13 bits per heavy atom. The van der Waals surface area contributed by atoms with Crippen LogP contribution in [0.25, 0.3) is 22.2 Å². The summed E-state index contributed by atoms with van der Waals surface area (Å²) in [5.74, 6) is 0.329. The normalized spacial score (nSPS) is 12.1. The second-order valence-corrected chi connectivity index (χ2v) is 10.5. The Hall–Kier alpha value is -4.22. The Morgan fingerprint density at radius 3 is 2.46 bits per heavy atom. The zero-order valence-corrected chi connectivity index (χ0v) is 23.2. The molecule has 10 nitrogen and oxygen atoms in total. The number of carbonyl (C=O) groups excluding carboxylic acids is 1. The predicted molar refractivity (Wildman–Crippen MR) is 154 cm³/mol. The fourth-order valence-electron chi connectivity index (χ4n) is 4.53. The summed E-state index contributed by atoms with van der Waals surface area (Å²) in [4.78, 5) is 18.6. The van der Waals surface area contributed by atoms with Crippen molar-refractivity contribution in [2.75, 3.05) is 19.1 Å². The van der Waals surface area contributed by atoms with E-state index in [-0.39, 0.29) is 11.9 Å². The highest BCUT2D eigenvalue weighted by Gasteiger charge is 2.17. The number of nitrogens with two attached hydrogens (primary N) is 2. The Labute approximate surface area is 228 Å². The van der Waals surface area contributed by atoms with Crippen molar-refractivity contribution < 1.29 is 17.9 Å². The number of esters is 1. The van der Waals surface area contributed by atoms with Crippen molar-refractivity contribution in [3.8, 4) is 11.1 Å². The molecule has 204 valence electrons. The molecule has 11 heteroatoms. The van der Waals surface area contributed by atoms with Crippen LogP contribution >= 0.6 is 0 Å². The lowest BCUT2D eigenvalue weighted by Gasteiger charge is -2.19. The first-order valence-electron chi connectivity index (χ1n) is 12.4. The molecule has 0 atom stereocenters. The third-order valence-electron chi connectivity index (χ3n) is 6.47. The molecule has 1 heterocycles. The number of nitrogens with zero attached hydrogens (tertiary/aromatic N) is 4. The number of guanidine groups is 1. The first-order valence-corrected chi connectivity index (χ1v) is 13.9. The Balaban J connectivity index is 1.74. The molecule has 0 saturated carbocycles. The number of anilines is 1. The van der Waals surface area contributed by atoms with Gasteiger partial charge in [-0.1, -0.05) is 49.4 Å². The zero-order valence-electron chi connectivity index (χ0n) is 22.4. The van der Waals surface area contributed by atoms with Crippen LogP contribution in [0.15, 0.2) is 65.1 Å². The average molecular weight is 549 g/mol. The fraction of sp³-hybridized carbons (Fsp3) is 0.250. The van der Waals surface area contributed by atoms with E-state index in [9.17, 15) is 13.2 Å². The van der Waals surface area contributed by atoms with Gasteiger partial charge >= 0.3 is 16.2 Å². The maximum Gasteiger partial charge on any atom is 0.338 e. The molecule has 0 unspecified atom stereocenters. The summed E-state index contributed by atoms with van der Waals surface area (Å²) in [6, 6.07) is 19.2. The molecule has 0 saturated heterocycles. The quantitative estimate of drug-likeness (QED) is 0.194. The van der Waals surface area contributed by atoms with Gasteiger partial charge in [-0.25, -0.2) is 14.9 Å². The number of carbonyl (C=O) groups is 1. The number of imidazole rings is 1. The number of hydrogen-bond acceptors (Lipinski definition) is 5. The maximum atomic E-state index is 12.2. The standard InChI is InChI=1S/C28H32N6O4S/c1-5-8-25-31-26-18(2)15-21(33(3)28(29)32-39(30,36)37)16-24(26)34(25)17-19-11-13-20(14-12-19)22-9-6-7-10-23(22)27(35)38-4/h6-7,9-16H,5,8,17H2,1-4H3,(H2,29,32)(H2,30,36,37). The van der Waals surface area contributed by atoms with Gasteiger partial charge in [0, 0.05) is 25.7 Å². The van der Waals surface area contributed by atoms with Crippen molar-refractivity contribution in [1.82, 2.24) is 9.55 Å². The Morgan fingerprint density at radius 2 is 1.82 bits per heavy atom. The summed E-state index contributed by atoms with van der Waals surface area (Å²) in [6.45, 7) is 4.62. The molecule has 4 aromatic rings. The molecule has 0 radical (unpaired) electrons. The lowest BCUT2D eigenvalue weighted by Crippen LogP contribution is -2.35. The summed E-state index contributed by atoms with van der Waals surface area (Å²) in [6.07, 6.45) is 1.71. The van der Waals surface area contributed by atoms with E-state index in [1.165, 1.54) is 12.0 Å². The summed E-state index contributed by atoms with van der Waals surface area (Å²) >= 11 is 0.